The molecule has 12 heteroatoms. The number of hydrogen-bond acceptors (Lipinski definition) is 8. The Morgan fingerprint density at radius 1 is 1.05 bits per heavy atom. The molecule has 0 radical (unpaired) electrons. The molecule has 2 fully saturated rings. The highest BCUT2D eigenvalue weighted by Crippen LogP contribution is 2.32. The van der Waals surface area contributed by atoms with Crippen molar-refractivity contribution < 1.29 is 14.0 Å². The Morgan fingerprint density at radius 2 is 1.81 bits per heavy atom. The first-order chi connectivity index (χ1) is 20.6. The van der Waals surface area contributed by atoms with Crippen LogP contribution in [0.3, 0.4) is 0 Å². The zero-order valence-electron chi connectivity index (χ0n) is 25.2. The number of amides is 2. The lowest BCUT2D eigenvalue weighted by Gasteiger charge is -2.35. The quantitative estimate of drug-likeness (QED) is 0.238. The van der Waals surface area contributed by atoms with Gasteiger partial charge >= 0.3 is 0 Å². The van der Waals surface area contributed by atoms with E-state index in [0.29, 0.717) is 11.4 Å². The highest BCUT2D eigenvalue weighted by Gasteiger charge is 2.24. The van der Waals surface area contributed by atoms with E-state index in [1.807, 2.05) is 12.1 Å². The normalized spacial score (nSPS) is 19.6. The molecule has 1 aliphatic carbocycles. The van der Waals surface area contributed by atoms with Crippen molar-refractivity contribution in [2.75, 3.05) is 54.9 Å². The van der Waals surface area contributed by atoms with Crippen LogP contribution in [0.2, 0.25) is 0 Å². The van der Waals surface area contributed by atoms with Crippen LogP contribution in [0.4, 0.5) is 27.1 Å². The van der Waals surface area contributed by atoms with Gasteiger partial charge in [-0.1, -0.05) is 31.4 Å². The predicted octanol–water partition coefficient (Wildman–Crippen LogP) is 3.97. The fraction of sp³-hybridized carbons (Fsp3) is 0.484. The van der Waals surface area contributed by atoms with Crippen molar-refractivity contribution >= 4 is 34.6 Å². The molecule has 2 unspecified atom stereocenters. The van der Waals surface area contributed by atoms with E-state index in [4.69, 9.17) is 11.5 Å². The van der Waals surface area contributed by atoms with Crippen molar-refractivity contribution in [1.29, 1.82) is 0 Å². The van der Waals surface area contributed by atoms with Crippen LogP contribution < -0.4 is 27.0 Å². The molecule has 1 saturated heterocycles. The molecular formula is C31H42FN9O2. The fourth-order valence-corrected chi connectivity index (χ4v) is 5.99. The number of anilines is 4. The molecule has 5 rings (SSSR count). The monoisotopic (exact) mass is 591 g/mol. The Labute approximate surface area is 251 Å². The van der Waals surface area contributed by atoms with E-state index in [1.165, 1.54) is 30.5 Å². The van der Waals surface area contributed by atoms with Gasteiger partial charge in [0.2, 0.25) is 0 Å². The van der Waals surface area contributed by atoms with Gasteiger partial charge in [0, 0.05) is 37.8 Å². The number of nitrogens with one attached hydrogen (secondary N) is 2. The summed E-state index contributed by atoms with van der Waals surface area (Å²) in [4.78, 5) is 30.9. The number of hydrogen-bond donors (Lipinski definition) is 4. The average Bonchev–Trinajstić information content (AvgIpc) is 3.40. The van der Waals surface area contributed by atoms with Crippen molar-refractivity contribution in [1.82, 2.24) is 25.2 Å². The number of aromatic nitrogens is 3. The number of likely N-dealkylation sites (N-methyl/N-ethyl adjacent to an activating group) is 1. The zero-order valence-corrected chi connectivity index (χ0v) is 25.2. The lowest BCUT2D eigenvalue weighted by atomic mass is 9.98. The van der Waals surface area contributed by atoms with Gasteiger partial charge in [-0.25, -0.2) is 9.07 Å². The summed E-state index contributed by atoms with van der Waals surface area (Å²) in [5.41, 5.74) is 14.2. The van der Waals surface area contributed by atoms with E-state index >= 15 is 0 Å². The summed E-state index contributed by atoms with van der Waals surface area (Å²) >= 11 is 0. The van der Waals surface area contributed by atoms with Crippen molar-refractivity contribution in [2.45, 2.75) is 58.4 Å². The third-order valence-electron chi connectivity index (χ3n) is 8.89. The Hall–Kier alpha value is -4.19. The molecule has 1 aromatic heterocycles. The number of nitrogen functional groups attached to an aromatic ring is 2. The zero-order chi connectivity index (χ0) is 30.7. The molecule has 2 heterocycles. The number of carbonyl (C=O) groups excluding carboxylic acids is 2. The highest BCUT2D eigenvalue weighted by molar-refractivity contribution is 6.10. The molecule has 2 aromatic carbocycles. The van der Waals surface area contributed by atoms with E-state index < -0.39 is 11.7 Å². The smallest absolute Gasteiger partial charge is 0.273 e. The molecule has 0 spiro atoms. The van der Waals surface area contributed by atoms with Crippen LogP contribution in [-0.4, -0.2) is 71.0 Å². The van der Waals surface area contributed by atoms with Crippen molar-refractivity contribution in [3.05, 3.63) is 53.1 Å². The molecule has 0 bridgehead atoms. The third kappa shape index (κ3) is 6.74. The second kappa shape index (κ2) is 13.0. The van der Waals surface area contributed by atoms with Crippen LogP contribution in [0.15, 0.2) is 30.5 Å². The number of carbonyl (C=O) groups is 2. The maximum atomic E-state index is 14.3. The lowest BCUT2D eigenvalue weighted by molar-refractivity contribution is 0.0927. The minimum absolute atomic E-state index is 0.0346. The van der Waals surface area contributed by atoms with Crippen molar-refractivity contribution in [3.63, 3.8) is 0 Å². The highest BCUT2D eigenvalue weighted by atomic mass is 19.1. The molecule has 1 aliphatic heterocycles. The summed E-state index contributed by atoms with van der Waals surface area (Å²) in [5.74, 6) is -0.655. The Kier molecular flexibility index (Phi) is 9.14. The third-order valence-corrected chi connectivity index (χ3v) is 8.89. The number of piperazine rings is 1. The van der Waals surface area contributed by atoms with Crippen LogP contribution in [0.25, 0.3) is 5.69 Å². The molecule has 1 saturated carbocycles. The van der Waals surface area contributed by atoms with Gasteiger partial charge in [0.25, 0.3) is 11.8 Å². The molecule has 3 aromatic rings. The predicted molar refractivity (Wildman–Crippen MR) is 167 cm³/mol. The number of halogens is 1. The summed E-state index contributed by atoms with van der Waals surface area (Å²) < 4.78 is 15.8. The van der Waals surface area contributed by atoms with Crippen LogP contribution in [0.5, 0.6) is 0 Å². The minimum atomic E-state index is -0.635. The van der Waals surface area contributed by atoms with Crippen LogP contribution >= 0.6 is 0 Å². The van der Waals surface area contributed by atoms with E-state index in [9.17, 15) is 14.0 Å². The first-order valence-corrected chi connectivity index (χ1v) is 15.1. The topological polar surface area (TPSA) is 147 Å². The van der Waals surface area contributed by atoms with Gasteiger partial charge in [-0.05, 0) is 63.4 Å². The Morgan fingerprint density at radius 3 is 2.56 bits per heavy atom. The molecule has 2 aliphatic rings. The minimum Gasteiger partial charge on any atom is -0.398 e. The molecule has 230 valence electrons. The van der Waals surface area contributed by atoms with E-state index in [1.54, 1.807) is 12.3 Å². The lowest BCUT2D eigenvalue weighted by Crippen LogP contribution is -2.44. The van der Waals surface area contributed by atoms with Gasteiger partial charge in [-0.3, -0.25) is 9.59 Å². The number of rotatable bonds is 7. The van der Waals surface area contributed by atoms with Crippen LogP contribution in [0, 0.1) is 18.7 Å². The SMILES string of the molecule is CCC1CCCC(NC(=O)c2cn(-c3ccc(N4CCN(C)CC4)c(NC(=O)c4cc(N)c(F)c(C)c4N)c3)nn2)CC1. The summed E-state index contributed by atoms with van der Waals surface area (Å²) in [5, 5.41) is 14.5. The largest absolute Gasteiger partial charge is 0.398 e. The first kappa shape index (κ1) is 30.3. The van der Waals surface area contributed by atoms with E-state index in [-0.39, 0.29) is 40.1 Å². The van der Waals surface area contributed by atoms with Gasteiger partial charge in [0.15, 0.2) is 11.5 Å². The van der Waals surface area contributed by atoms with Gasteiger partial charge in [0.1, 0.15) is 0 Å². The van der Waals surface area contributed by atoms with Crippen LogP contribution in [-0.2, 0) is 0 Å². The van der Waals surface area contributed by atoms with Gasteiger partial charge < -0.3 is 31.9 Å². The molecule has 11 nitrogen and oxygen atoms in total. The van der Waals surface area contributed by atoms with Gasteiger partial charge in [0.05, 0.1) is 40.2 Å². The molecule has 6 N–H and O–H groups in total. The first-order valence-electron chi connectivity index (χ1n) is 15.1. The molecule has 2 amide bonds. The fourth-order valence-electron chi connectivity index (χ4n) is 5.99. The molecule has 2 atom stereocenters. The van der Waals surface area contributed by atoms with Crippen molar-refractivity contribution in [2.24, 2.45) is 5.92 Å². The summed E-state index contributed by atoms with van der Waals surface area (Å²) in [6, 6.07) is 6.97. The van der Waals surface area contributed by atoms with E-state index in [2.05, 4.69) is 44.7 Å². The maximum absolute atomic E-state index is 14.3. The summed E-state index contributed by atoms with van der Waals surface area (Å²) in [7, 11) is 2.07. The van der Waals surface area contributed by atoms with E-state index in [0.717, 1.165) is 63.5 Å². The van der Waals surface area contributed by atoms with Gasteiger partial charge in [-0.15, -0.1) is 5.10 Å². The average molecular weight is 592 g/mol. The Balaban J connectivity index is 1.39. The van der Waals surface area contributed by atoms with Gasteiger partial charge in [-0.2, -0.15) is 0 Å². The number of benzene rings is 2. The van der Waals surface area contributed by atoms with Crippen LogP contribution in [0.1, 0.15) is 71.9 Å². The number of nitrogens with two attached hydrogens (primary N) is 2. The maximum Gasteiger partial charge on any atom is 0.273 e. The summed E-state index contributed by atoms with van der Waals surface area (Å²) in [6.45, 7) is 7.01. The molecular weight excluding hydrogens is 549 g/mol. The second-order valence-electron chi connectivity index (χ2n) is 11.8. The van der Waals surface area contributed by atoms with Crippen molar-refractivity contribution in [3.8, 4) is 5.69 Å². The Bertz CT molecular complexity index is 1480. The summed E-state index contributed by atoms with van der Waals surface area (Å²) in [6.07, 6.45) is 8.16. The standard InChI is InChI=1S/C31H42FN9O2/c1-4-20-6-5-7-21(9-8-20)35-31(43)26-18-41(38-37-26)22-10-11-27(40-14-12-39(3)13-15-40)25(16-22)36-30(42)23-17-24(33)28(32)19(2)29(23)34/h10-11,16-18,20-21H,4-9,12-15,33-34H2,1-3H3,(H,35,43)(H,36,42). The number of nitrogens with zero attached hydrogens (tertiary/aromatic N) is 5. The second-order valence-corrected chi connectivity index (χ2v) is 11.8. The molecule has 43 heavy (non-hydrogen) atoms.